The average Bonchev–Trinajstić information content (AvgIpc) is 2.54. The number of benzene rings is 3. The first kappa shape index (κ1) is 15.8. The van der Waals surface area contributed by atoms with Crippen molar-refractivity contribution in [3.63, 3.8) is 0 Å². The summed E-state index contributed by atoms with van der Waals surface area (Å²) in [4.78, 5) is 2.22. The lowest BCUT2D eigenvalue weighted by Crippen LogP contribution is -2.11. The minimum absolute atomic E-state index is 1.04. The van der Waals surface area contributed by atoms with Gasteiger partial charge in [-0.2, -0.15) is 0 Å². The lowest BCUT2D eigenvalue weighted by molar-refractivity contribution is 1.26. The maximum Gasteiger partial charge on any atom is 0.0615 e. The van der Waals surface area contributed by atoms with Crippen LogP contribution in [-0.2, 0) is 0 Å². The van der Waals surface area contributed by atoms with Gasteiger partial charge in [-0.1, -0.05) is 46.3 Å². The molecule has 3 rings (SSSR count). The fourth-order valence-corrected chi connectivity index (χ4v) is 3.51. The molecule has 3 aromatic rings. The van der Waals surface area contributed by atoms with Crippen molar-refractivity contribution in [3.8, 4) is 0 Å². The molecule has 0 N–H and O–H groups in total. The van der Waals surface area contributed by atoms with Gasteiger partial charge in [0.05, 0.1) is 11.4 Å². The molecule has 0 spiro atoms. The summed E-state index contributed by atoms with van der Waals surface area (Å²) in [6, 6.07) is 24.7. The Balaban J connectivity index is 2.24. The van der Waals surface area contributed by atoms with Crippen LogP contribution in [0.2, 0.25) is 0 Å². The highest BCUT2D eigenvalue weighted by atomic mass is 79.9. The molecule has 0 heterocycles. The van der Waals surface area contributed by atoms with Crippen LogP contribution >= 0.6 is 47.8 Å². The molecule has 0 saturated heterocycles. The zero-order valence-corrected chi connectivity index (χ0v) is 16.3. The Hall–Kier alpha value is -1.10. The Morgan fingerprint density at radius 1 is 0.591 bits per heavy atom. The number of anilines is 3. The summed E-state index contributed by atoms with van der Waals surface area (Å²) in [5.74, 6) is 0. The van der Waals surface area contributed by atoms with Gasteiger partial charge in [0.2, 0.25) is 0 Å². The maximum atomic E-state index is 3.67. The van der Waals surface area contributed by atoms with Crippen LogP contribution in [0.5, 0.6) is 0 Å². The molecule has 0 bridgehead atoms. The molecule has 0 aliphatic carbocycles. The molecular weight excluding hydrogens is 470 g/mol. The van der Waals surface area contributed by atoms with Gasteiger partial charge in [-0.25, -0.2) is 0 Å². The number of para-hydroxylation sites is 2. The number of halogens is 3. The molecule has 0 unspecified atom stereocenters. The monoisotopic (exact) mass is 479 g/mol. The third kappa shape index (κ3) is 3.29. The van der Waals surface area contributed by atoms with Crippen molar-refractivity contribution in [2.45, 2.75) is 0 Å². The standard InChI is InChI=1S/C18H12Br3N/c19-13-10-11-16(21)18(12-13)22(14-6-2-1-3-7-14)17-9-5-4-8-15(17)20/h1-12H. The molecule has 0 aliphatic rings. The number of hydrogen-bond donors (Lipinski definition) is 0. The van der Waals surface area contributed by atoms with Gasteiger partial charge in [0.25, 0.3) is 0 Å². The maximum absolute atomic E-state index is 3.67. The largest absolute Gasteiger partial charge is 0.308 e. The van der Waals surface area contributed by atoms with Gasteiger partial charge in [-0.3, -0.25) is 0 Å². The lowest BCUT2D eigenvalue weighted by Gasteiger charge is -2.27. The van der Waals surface area contributed by atoms with Crippen molar-refractivity contribution in [1.82, 2.24) is 0 Å². The number of hydrogen-bond acceptors (Lipinski definition) is 1. The molecule has 4 heteroatoms. The van der Waals surface area contributed by atoms with Gasteiger partial charge < -0.3 is 4.90 Å². The quantitative estimate of drug-likeness (QED) is 0.375. The van der Waals surface area contributed by atoms with Crippen LogP contribution in [0.3, 0.4) is 0 Å². The second-order valence-corrected chi connectivity index (χ2v) is 7.34. The molecule has 0 amide bonds. The van der Waals surface area contributed by atoms with Crippen molar-refractivity contribution in [3.05, 3.63) is 86.2 Å². The van der Waals surface area contributed by atoms with Gasteiger partial charge in [-0.05, 0) is 74.3 Å². The van der Waals surface area contributed by atoms with Crippen molar-refractivity contribution >= 4 is 64.9 Å². The predicted octanol–water partition coefficient (Wildman–Crippen LogP) is 7.44. The second-order valence-electron chi connectivity index (χ2n) is 4.72. The van der Waals surface area contributed by atoms with Crippen LogP contribution in [0.1, 0.15) is 0 Å². The molecule has 22 heavy (non-hydrogen) atoms. The van der Waals surface area contributed by atoms with E-state index in [1.165, 1.54) is 0 Å². The zero-order chi connectivity index (χ0) is 15.5. The normalized spacial score (nSPS) is 10.5. The molecule has 3 aromatic carbocycles. The topological polar surface area (TPSA) is 3.24 Å². The van der Waals surface area contributed by atoms with Crippen LogP contribution in [0.25, 0.3) is 0 Å². The van der Waals surface area contributed by atoms with E-state index >= 15 is 0 Å². The number of rotatable bonds is 3. The summed E-state index contributed by atoms with van der Waals surface area (Å²) < 4.78 is 3.12. The summed E-state index contributed by atoms with van der Waals surface area (Å²) in [7, 11) is 0. The van der Waals surface area contributed by atoms with E-state index in [1.54, 1.807) is 0 Å². The fraction of sp³-hybridized carbons (Fsp3) is 0. The summed E-state index contributed by atoms with van der Waals surface area (Å²) in [6.45, 7) is 0. The van der Waals surface area contributed by atoms with Crippen molar-refractivity contribution in [2.75, 3.05) is 4.90 Å². The molecule has 0 saturated carbocycles. The average molecular weight is 482 g/mol. The predicted molar refractivity (Wildman–Crippen MR) is 104 cm³/mol. The van der Waals surface area contributed by atoms with E-state index in [9.17, 15) is 0 Å². The van der Waals surface area contributed by atoms with Gasteiger partial charge >= 0.3 is 0 Å². The van der Waals surface area contributed by atoms with Gasteiger partial charge in [0, 0.05) is 19.1 Å². The highest BCUT2D eigenvalue weighted by Gasteiger charge is 2.17. The van der Waals surface area contributed by atoms with Crippen LogP contribution in [0.4, 0.5) is 17.1 Å². The summed E-state index contributed by atoms with van der Waals surface area (Å²) in [6.07, 6.45) is 0. The summed E-state index contributed by atoms with van der Waals surface area (Å²) >= 11 is 10.9. The summed E-state index contributed by atoms with van der Waals surface area (Å²) in [5, 5.41) is 0. The molecule has 0 aromatic heterocycles. The van der Waals surface area contributed by atoms with Crippen molar-refractivity contribution in [2.24, 2.45) is 0 Å². The molecule has 1 nitrogen and oxygen atoms in total. The summed E-state index contributed by atoms with van der Waals surface area (Å²) in [5.41, 5.74) is 3.27. The van der Waals surface area contributed by atoms with Gasteiger partial charge in [0.15, 0.2) is 0 Å². The van der Waals surface area contributed by atoms with E-state index < -0.39 is 0 Å². The van der Waals surface area contributed by atoms with Gasteiger partial charge in [-0.15, -0.1) is 0 Å². The lowest BCUT2D eigenvalue weighted by atomic mass is 10.2. The Morgan fingerprint density at radius 2 is 1.23 bits per heavy atom. The van der Waals surface area contributed by atoms with Crippen LogP contribution in [0, 0.1) is 0 Å². The fourth-order valence-electron chi connectivity index (χ4n) is 2.28. The van der Waals surface area contributed by atoms with E-state index in [1.807, 2.05) is 42.5 Å². The first-order valence-electron chi connectivity index (χ1n) is 6.71. The molecule has 0 aliphatic heterocycles. The second kappa shape index (κ2) is 6.99. The van der Waals surface area contributed by atoms with Crippen LogP contribution in [-0.4, -0.2) is 0 Å². The molecule has 110 valence electrons. The SMILES string of the molecule is Brc1ccc(Br)c(N(c2ccccc2)c2ccccc2Br)c1. The van der Waals surface area contributed by atoms with Crippen LogP contribution in [0.15, 0.2) is 86.2 Å². The van der Waals surface area contributed by atoms with Gasteiger partial charge in [0.1, 0.15) is 0 Å². The van der Waals surface area contributed by atoms with E-state index in [4.69, 9.17) is 0 Å². The minimum Gasteiger partial charge on any atom is -0.308 e. The van der Waals surface area contributed by atoms with E-state index in [0.29, 0.717) is 0 Å². The minimum atomic E-state index is 1.04. The third-order valence-electron chi connectivity index (χ3n) is 3.26. The molecule has 0 radical (unpaired) electrons. The molecule has 0 fully saturated rings. The first-order chi connectivity index (χ1) is 10.7. The smallest absolute Gasteiger partial charge is 0.0615 e. The Morgan fingerprint density at radius 3 is 1.95 bits per heavy atom. The van der Waals surface area contributed by atoms with Crippen molar-refractivity contribution < 1.29 is 0 Å². The highest BCUT2D eigenvalue weighted by Crippen LogP contribution is 2.42. The first-order valence-corrected chi connectivity index (χ1v) is 9.09. The van der Waals surface area contributed by atoms with Crippen LogP contribution < -0.4 is 4.90 Å². The Bertz CT molecular complexity index is 787. The number of nitrogens with zero attached hydrogens (tertiary/aromatic N) is 1. The van der Waals surface area contributed by atoms with E-state index in [2.05, 4.69) is 83.0 Å². The zero-order valence-electron chi connectivity index (χ0n) is 11.5. The Labute approximate surface area is 155 Å². The molecular formula is C18H12Br3N. The van der Waals surface area contributed by atoms with Crippen molar-refractivity contribution in [1.29, 1.82) is 0 Å². The van der Waals surface area contributed by atoms with E-state index in [-0.39, 0.29) is 0 Å². The molecule has 0 atom stereocenters. The third-order valence-corrected chi connectivity index (χ3v) is 5.09. The highest BCUT2D eigenvalue weighted by molar-refractivity contribution is 9.11. The Kier molecular flexibility index (Phi) is 5.01. The van der Waals surface area contributed by atoms with E-state index in [0.717, 1.165) is 30.5 Å².